The third-order valence-corrected chi connectivity index (χ3v) is 6.04. The zero-order chi connectivity index (χ0) is 14.7. The Bertz CT molecular complexity index is 505. The number of hydrogen-bond acceptors (Lipinski definition) is 4. The van der Waals surface area contributed by atoms with Crippen LogP contribution in [0.15, 0.2) is 12.7 Å². The zero-order valence-electron chi connectivity index (χ0n) is 12.2. The van der Waals surface area contributed by atoms with E-state index in [0.717, 1.165) is 19.3 Å². The van der Waals surface area contributed by atoms with Crippen molar-refractivity contribution in [2.24, 2.45) is 29.6 Å². The molecule has 3 saturated carbocycles. The highest BCUT2D eigenvalue weighted by Crippen LogP contribution is 2.62. The number of hydroxylamine groups is 2. The average molecular weight is 291 g/mol. The number of ether oxygens (including phenoxy) is 1. The topological polar surface area (TPSA) is 55.8 Å². The number of esters is 1. The maximum Gasteiger partial charge on any atom is 0.302 e. The van der Waals surface area contributed by atoms with E-state index in [-0.39, 0.29) is 24.0 Å². The van der Waals surface area contributed by atoms with Crippen LogP contribution in [0.25, 0.3) is 0 Å². The van der Waals surface area contributed by atoms with Gasteiger partial charge in [-0.3, -0.25) is 14.4 Å². The van der Waals surface area contributed by atoms with Gasteiger partial charge in [0.2, 0.25) is 0 Å². The van der Waals surface area contributed by atoms with E-state index in [9.17, 15) is 9.59 Å². The van der Waals surface area contributed by atoms with E-state index in [0.29, 0.717) is 36.2 Å². The predicted octanol–water partition coefficient (Wildman–Crippen LogP) is 1.54. The number of fused-ring (bicyclic) bond motifs is 7. The number of amides is 1. The number of rotatable bonds is 2. The van der Waals surface area contributed by atoms with Gasteiger partial charge in [-0.05, 0) is 49.0 Å². The molecule has 0 aromatic carbocycles. The molecule has 0 aromatic heterocycles. The third-order valence-electron chi connectivity index (χ3n) is 6.04. The van der Waals surface area contributed by atoms with Crippen LogP contribution in [-0.4, -0.2) is 35.7 Å². The summed E-state index contributed by atoms with van der Waals surface area (Å²) in [5, 5.41) is 1.57. The van der Waals surface area contributed by atoms with Crippen molar-refractivity contribution in [2.75, 3.05) is 6.61 Å². The standard InChI is InChI=1S/C16H21NO4/c1-3-14(19)17-16-10(7-20-17)5-12-11-4-9(15(12)16)6-13(11)21-8(2)18/h3,9-13,15-16H,1,4-7H2,2H3. The fourth-order valence-electron chi connectivity index (χ4n) is 5.56. The molecule has 1 saturated heterocycles. The van der Waals surface area contributed by atoms with Gasteiger partial charge in [0.25, 0.3) is 5.91 Å². The first kappa shape index (κ1) is 13.3. The maximum absolute atomic E-state index is 12.0. The minimum absolute atomic E-state index is 0.0945. The van der Waals surface area contributed by atoms with E-state index < -0.39 is 0 Å². The molecule has 4 fully saturated rings. The van der Waals surface area contributed by atoms with Crippen molar-refractivity contribution in [3.63, 3.8) is 0 Å². The molecule has 1 heterocycles. The molecule has 2 bridgehead atoms. The Balaban J connectivity index is 1.55. The fourth-order valence-corrected chi connectivity index (χ4v) is 5.56. The molecule has 1 amide bonds. The van der Waals surface area contributed by atoms with Crippen molar-refractivity contribution in [3.8, 4) is 0 Å². The van der Waals surface area contributed by atoms with Gasteiger partial charge in [0.05, 0.1) is 12.6 Å². The molecule has 4 rings (SSSR count). The molecule has 21 heavy (non-hydrogen) atoms. The van der Waals surface area contributed by atoms with Crippen LogP contribution in [0.1, 0.15) is 26.2 Å². The fraction of sp³-hybridized carbons (Fsp3) is 0.750. The molecule has 7 atom stereocenters. The second-order valence-corrected chi connectivity index (χ2v) is 6.93. The van der Waals surface area contributed by atoms with E-state index >= 15 is 0 Å². The first-order valence-corrected chi connectivity index (χ1v) is 7.86. The van der Waals surface area contributed by atoms with Gasteiger partial charge < -0.3 is 4.74 Å². The van der Waals surface area contributed by atoms with Crippen LogP contribution in [0.4, 0.5) is 0 Å². The Morgan fingerprint density at radius 3 is 2.71 bits per heavy atom. The molecule has 5 nitrogen and oxygen atoms in total. The predicted molar refractivity (Wildman–Crippen MR) is 73.6 cm³/mol. The summed E-state index contributed by atoms with van der Waals surface area (Å²) in [4.78, 5) is 28.8. The first-order valence-electron chi connectivity index (χ1n) is 7.86. The molecular weight excluding hydrogens is 270 g/mol. The highest BCUT2D eigenvalue weighted by molar-refractivity contribution is 5.86. The van der Waals surface area contributed by atoms with Gasteiger partial charge in [0.15, 0.2) is 0 Å². The lowest BCUT2D eigenvalue weighted by molar-refractivity contribution is -0.177. The summed E-state index contributed by atoms with van der Waals surface area (Å²) in [6.07, 6.45) is 4.61. The summed E-state index contributed by atoms with van der Waals surface area (Å²) in [6, 6.07) is 0.203. The van der Waals surface area contributed by atoms with E-state index in [4.69, 9.17) is 9.57 Å². The van der Waals surface area contributed by atoms with Gasteiger partial charge in [-0.25, -0.2) is 5.06 Å². The van der Waals surface area contributed by atoms with E-state index in [1.165, 1.54) is 13.0 Å². The molecule has 0 radical (unpaired) electrons. The van der Waals surface area contributed by atoms with Gasteiger partial charge in [0.1, 0.15) is 6.10 Å². The van der Waals surface area contributed by atoms with Gasteiger partial charge >= 0.3 is 5.97 Å². The lowest BCUT2D eigenvalue weighted by atomic mass is 9.78. The van der Waals surface area contributed by atoms with Crippen LogP contribution in [0.3, 0.4) is 0 Å². The summed E-state index contributed by atoms with van der Waals surface area (Å²) in [6.45, 7) is 5.69. The highest BCUT2D eigenvalue weighted by Gasteiger charge is 2.64. The number of carbonyl (C=O) groups is 2. The molecule has 114 valence electrons. The summed E-state index contributed by atoms with van der Waals surface area (Å²) >= 11 is 0. The van der Waals surface area contributed by atoms with Gasteiger partial charge in [0, 0.05) is 12.8 Å². The third kappa shape index (κ3) is 1.79. The molecule has 3 aliphatic carbocycles. The van der Waals surface area contributed by atoms with Crippen molar-refractivity contribution >= 4 is 11.9 Å². The summed E-state index contributed by atoms with van der Waals surface area (Å²) in [5.41, 5.74) is 0. The van der Waals surface area contributed by atoms with Crippen molar-refractivity contribution in [3.05, 3.63) is 12.7 Å². The van der Waals surface area contributed by atoms with Gasteiger partial charge in [-0.2, -0.15) is 0 Å². The Hall–Kier alpha value is -1.36. The second-order valence-electron chi connectivity index (χ2n) is 6.93. The van der Waals surface area contributed by atoms with E-state index in [2.05, 4.69) is 6.58 Å². The summed E-state index contributed by atoms with van der Waals surface area (Å²) in [5.74, 6) is 2.27. The normalized spacial score (nSPS) is 46.3. The van der Waals surface area contributed by atoms with Crippen molar-refractivity contribution in [2.45, 2.75) is 38.3 Å². The highest BCUT2D eigenvalue weighted by atomic mass is 16.7. The lowest BCUT2D eigenvalue weighted by Crippen LogP contribution is -2.43. The molecule has 0 spiro atoms. The summed E-state index contributed by atoms with van der Waals surface area (Å²) < 4.78 is 5.50. The Kier molecular flexibility index (Phi) is 2.89. The van der Waals surface area contributed by atoms with Crippen LogP contribution in [0.2, 0.25) is 0 Å². The molecule has 1 aliphatic heterocycles. The lowest BCUT2D eigenvalue weighted by Gasteiger charge is -2.35. The number of hydrogen-bond donors (Lipinski definition) is 0. The van der Waals surface area contributed by atoms with Crippen molar-refractivity contribution in [1.82, 2.24) is 5.06 Å². The van der Waals surface area contributed by atoms with Crippen LogP contribution < -0.4 is 0 Å². The number of nitrogens with zero attached hydrogens (tertiary/aromatic N) is 1. The largest absolute Gasteiger partial charge is 0.462 e. The van der Waals surface area contributed by atoms with Crippen LogP contribution in [0, 0.1) is 29.6 Å². The Labute approximate surface area is 124 Å². The van der Waals surface area contributed by atoms with Crippen molar-refractivity contribution < 1.29 is 19.2 Å². The minimum Gasteiger partial charge on any atom is -0.462 e. The van der Waals surface area contributed by atoms with Crippen LogP contribution in [0.5, 0.6) is 0 Å². The molecule has 0 N–H and O–H groups in total. The monoisotopic (exact) mass is 291 g/mol. The molecule has 7 unspecified atom stereocenters. The maximum atomic E-state index is 12.0. The van der Waals surface area contributed by atoms with E-state index in [1.807, 2.05) is 0 Å². The van der Waals surface area contributed by atoms with Crippen LogP contribution >= 0.6 is 0 Å². The van der Waals surface area contributed by atoms with Gasteiger partial charge in [-0.1, -0.05) is 6.58 Å². The number of carbonyl (C=O) groups excluding carboxylic acids is 2. The Morgan fingerprint density at radius 2 is 2.00 bits per heavy atom. The molecule has 4 aliphatic rings. The zero-order valence-corrected chi connectivity index (χ0v) is 12.2. The quantitative estimate of drug-likeness (QED) is 0.572. The second kappa shape index (κ2) is 4.57. The smallest absolute Gasteiger partial charge is 0.302 e. The first-order chi connectivity index (χ1) is 10.1. The minimum atomic E-state index is -0.172. The SMILES string of the molecule is C=CC(=O)N1OCC2CC3C4CC(CC4OC(C)=O)C3C21. The molecule has 5 heteroatoms. The average Bonchev–Trinajstić information content (AvgIpc) is 3.12. The summed E-state index contributed by atoms with van der Waals surface area (Å²) in [7, 11) is 0. The Morgan fingerprint density at radius 1 is 1.24 bits per heavy atom. The molecule has 0 aromatic rings. The van der Waals surface area contributed by atoms with Crippen LogP contribution in [-0.2, 0) is 19.2 Å². The molecular formula is C16H21NO4. The van der Waals surface area contributed by atoms with Crippen molar-refractivity contribution in [1.29, 1.82) is 0 Å². The van der Waals surface area contributed by atoms with E-state index in [1.54, 1.807) is 5.06 Å². The van der Waals surface area contributed by atoms with Gasteiger partial charge in [-0.15, -0.1) is 0 Å².